The van der Waals surface area contributed by atoms with Crippen molar-refractivity contribution in [2.45, 2.75) is 50.5 Å². The van der Waals surface area contributed by atoms with Crippen molar-refractivity contribution in [1.29, 1.82) is 0 Å². The van der Waals surface area contributed by atoms with Crippen LogP contribution in [0.2, 0.25) is 0 Å². The molecule has 0 amide bonds. The van der Waals surface area contributed by atoms with E-state index in [2.05, 4.69) is 35.2 Å². The molecule has 1 saturated heterocycles. The van der Waals surface area contributed by atoms with Gasteiger partial charge in [-0.3, -0.25) is 4.90 Å². The van der Waals surface area contributed by atoms with Gasteiger partial charge in [0.2, 0.25) is 0 Å². The van der Waals surface area contributed by atoms with Crippen LogP contribution in [0.1, 0.15) is 36.0 Å². The molecule has 2 aromatic carbocycles. The molecule has 0 spiro atoms. The summed E-state index contributed by atoms with van der Waals surface area (Å²) in [4.78, 5) is 2.57. The van der Waals surface area contributed by atoms with Crippen molar-refractivity contribution in [3.05, 3.63) is 82.9 Å². The summed E-state index contributed by atoms with van der Waals surface area (Å²) in [6.45, 7) is 0.972. The molecule has 2 aliphatic rings. The van der Waals surface area contributed by atoms with Crippen molar-refractivity contribution in [3.63, 3.8) is 0 Å². The third-order valence-corrected chi connectivity index (χ3v) is 5.54. The lowest BCUT2D eigenvalue weighted by molar-refractivity contribution is -0.137. The summed E-state index contributed by atoms with van der Waals surface area (Å²) in [5.74, 6) is 0. The van der Waals surface area contributed by atoms with Crippen LogP contribution in [0.5, 0.6) is 0 Å². The summed E-state index contributed by atoms with van der Waals surface area (Å²) in [7, 11) is 0. The minimum atomic E-state index is -4.26. The van der Waals surface area contributed by atoms with E-state index in [0.717, 1.165) is 24.9 Å². The van der Waals surface area contributed by atoms with Crippen LogP contribution >= 0.6 is 0 Å². The highest BCUT2D eigenvalue weighted by atomic mass is 19.4. The average molecular weight is 357 g/mol. The van der Waals surface area contributed by atoms with Gasteiger partial charge in [0.25, 0.3) is 0 Å². The molecule has 2 unspecified atom stereocenters. The Labute approximate surface area is 152 Å². The Morgan fingerprint density at radius 2 is 1.62 bits per heavy atom. The minimum Gasteiger partial charge on any atom is -0.289 e. The van der Waals surface area contributed by atoms with E-state index in [9.17, 15) is 13.2 Å². The molecule has 4 rings (SSSR count). The third kappa shape index (κ3) is 3.70. The molecule has 2 aromatic rings. The second-order valence-corrected chi connectivity index (χ2v) is 7.36. The molecule has 0 aromatic heterocycles. The Morgan fingerprint density at radius 1 is 0.885 bits per heavy atom. The van der Waals surface area contributed by atoms with Gasteiger partial charge in [0.15, 0.2) is 0 Å². The van der Waals surface area contributed by atoms with Gasteiger partial charge in [0, 0.05) is 18.6 Å². The highest BCUT2D eigenvalue weighted by molar-refractivity contribution is 5.30. The number of hydrogen-bond acceptors (Lipinski definition) is 1. The fraction of sp³-hybridized carbons (Fsp3) is 0.364. The van der Waals surface area contributed by atoms with Crippen LogP contribution in [0.4, 0.5) is 13.2 Å². The molecule has 26 heavy (non-hydrogen) atoms. The van der Waals surface area contributed by atoms with Crippen LogP contribution in [0.25, 0.3) is 0 Å². The van der Waals surface area contributed by atoms with E-state index in [1.165, 1.54) is 36.1 Å². The van der Waals surface area contributed by atoms with Crippen LogP contribution in [0, 0.1) is 0 Å². The van der Waals surface area contributed by atoms with Gasteiger partial charge in [0.1, 0.15) is 0 Å². The fourth-order valence-electron chi connectivity index (χ4n) is 4.25. The minimum absolute atomic E-state index is 0.457. The first-order valence-corrected chi connectivity index (χ1v) is 9.14. The van der Waals surface area contributed by atoms with E-state index in [0.29, 0.717) is 12.1 Å². The van der Waals surface area contributed by atoms with Gasteiger partial charge < -0.3 is 0 Å². The summed E-state index contributed by atoms with van der Waals surface area (Å²) in [5, 5.41) is 0. The largest absolute Gasteiger partial charge is 0.416 e. The summed E-state index contributed by atoms with van der Waals surface area (Å²) in [6, 6.07) is 17.1. The van der Waals surface area contributed by atoms with Crippen LogP contribution in [-0.2, 0) is 19.1 Å². The second-order valence-electron chi connectivity index (χ2n) is 7.36. The first-order valence-electron chi connectivity index (χ1n) is 9.14. The molecule has 0 N–H and O–H groups in total. The maximum absolute atomic E-state index is 12.7. The molecule has 4 heteroatoms. The Kier molecular flexibility index (Phi) is 4.62. The molecule has 2 atom stereocenters. The lowest BCUT2D eigenvalue weighted by Crippen LogP contribution is -2.38. The maximum Gasteiger partial charge on any atom is 0.416 e. The normalized spacial score (nSPS) is 23.1. The lowest BCUT2D eigenvalue weighted by Gasteiger charge is -2.34. The predicted octanol–water partition coefficient (Wildman–Crippen LogP) is 5.61. The quantitative estimate of drug-likeness (QED) is 0.643. The van der Waals surface area contributed by atoms with Gasteiger partial charge in [-0.15, -0.1) is 0 Å². The number of fused-ring (bicyclic) bond motifs is 2. The van der Waals surface area contributed by atoms with E-state index in [1.54, 1.807) is 12.1 Å². The van der Waals surface area contributed by atoms with Gasteiger partial charge in [-0.25, -0.2) is 0 Å². The van der Waals surface area contributed by atoms with E-state index >= 15 is 0 Å². The zero-order valence-corrected chi connectivity index (χ0v) is 14.5. The molecule has 0 saturated carbocycles. The Morgan fingerprint density at radius 3 is 2.27 bits per heavy atom. The summed E-state index contributed by atoms with van der Waals surface area (Å²) >= 11 is 0. The predicted molar refractivity (Wildman–Crippen MR) is 96.6 cm³/mol. The number of halogens is 3. The first kappa shape index (κ1) is 17.3. The van der Waals surface area contributed by atoms with E-state index < -0.39 is 11.7 Å². The van der Waals surface area contributed by atoms with Gasteiger partial charge in [0.05, 0.1) is 5.56 Å². The van der Waals surface area contributed by atoms with Gasteiger partial charge >= 0.3 is 6.18 Å². The monoisotopic (exact) mass is 357 g/mol. The molecule has 2 aliphatic heterocycles. The fourth-order valence-corrected chi connectivity index (χ4v) is 4.25. The molecule has 136 valence electrons. The van der Waals surface area contributed by atoms with Crippen molar-refractivity contribution in [2.75, 3.05) is 0 Å². The van der Waals surface area contributed by atoms with E-state index in [1.807, 2.05) is 6.07 Å². The van der Waals surface area contributed by atoms with Gasteiger partial charge in [-0.05, 0) is 48.9 Å². The van der Waals surface area contributed by atoms with E-state index in [-0.39, 0.29) is 0 Å². The third-order valence-electron chi connectivity index (χ3n) is 5.54. The highest BCUT2D eigenvalue weighted by Gasteiger charge is 2.36. The lowest BCUT2D eigenvalue weighted by atomic mass is 9.94. The van der Waals surface area contributed by atoms with Crippen molar-refractivity contribution >= 4 is 0 Å². The number of nitrogens with zero attached hydrogens (tertiary/aromatic N) is 1. The molecular formula is C22H22F3N. The molecule has 1 nitrogen and oxygen atoms in total. The van der Waals surface area contributed by atoms with Crippen molar-refractivity contribution in [1.82, 2.24) is 4.90 Å². The number of benzene rings is 2. The van der Waals surface area contributed by atoms with Crippen molar-refractivity contribution in [3.8, 4) is 0 Å². The van der Waals surface area contributed by atoms with Crippen molar-refractivity contribution in [2.24, 2.45) is 0 Å². The number of rotatable bonds is 4. The maximum atomic E-state index is 12.7. The summed E-state index contributed by atoms with van der Waals surface area (Å²) in [5.41, 5.74) is 3.08. The zero-order chi connectivity index (χ0) is 18.1. The van der Waals surface area contributed by atoms with E-state index in [4.69, 9.17) is 0 Å². The second kappa shape index (κ2) is 6.92. The van der Waals surface area contributed by atoms with Gasteiger partial charge in [-0.1, -0.05) is 54.1 Å². The first-order chi connectivity index (χ1) is 12.5. The molecular weight excluding hydrogens is 335 g/mol. The molecule has 2 bridgehead atoms. The topological polar surface area (TPSA) is 3.24 Å². The summed E-state index contributed by atoms with van der Waals surface area (Å²) in [6.07, 6.45) is 2.23. The number of hydrogen-bond donors (Lipinski definition) is 0. The Bertz CT molecular complexity index is 777. The SMILES string of the molecule is FC(F)(F)c1ccc(CC2=CC3CCC(C2)N3Cc2ccccc2)cc1. The Hall–Kier alpha value is -2.07. The van der Waals surface area contributed by atoms with Crippen LogP contribution in [0.15, 0.2) is 66.2 Å². The Balaban J connectivity index is 1.44. The molecule has 1 fully saturated rings. The molecule has 0 radical (unpaired) electrons. The average Bonchev–Trinajstić information content (AvgIpc) is 2.85. The van der Waals surface area contributed by atoms with Gasteiger partial charge in [-0.2, -0.15) is 13.2 Å². The highest BCUT2D eigenvalue weighted by Crippen LogP contribution is 2.37. The standard InChI is InChI=1S/C22H22F3N/c23-22(24,25)19-8-6-16(7-9-19)12-18-13-20-10-11-21(14-18)26(20)15-17-4-2-1-3-5-17/h1-9,13,20-21H,10-12,14-15H2. The van der Waals surface area contributed by atoms with Crippen LogP contribution in [-0.4, -0.2) is 17.0 Å². The molecule has 0 aliphatic carbocycles. The summed E-state index contributed by atoms with van der Waals surface area (Å²) < 4.78 is 38.1. The van der Waals surface area contributed by atoms with Crippen LogP contribution in [0.3, 0.4) is 0 Å². The zero-order valence-electron chi connectivity index (χ0n) is 14.5. The van der Waals surface area contributed by atoms with Crippen LogP contribution < -0.4 is 0 Å². The number of alkyl halides is 3. The smallest absolute Gasteiger partial charge is 0.289 e. The molecule has 2 heterocycles. The van der Waals surface area contributed by atoms with Crippen molar-refractivity contribution < 1.29 is 13.2 Å².